The molecule has 180 valence electrons. The van der Waals surface area contributed by atoms with Gasteiger partial charge in [0.05, 0.1) is 16.0 Å². The molecule has 0 aliphatic heterocycles. The molecule has 8 nitrogen and oxygen atoms in total. The molecule has 0 bridgehead atoms. The molecule has 0 aliphatic rings. The Morgan fingerprint density at radius 2 is 1.51 bits per heavy atom. The van der Waals surface area contributed by atoms with Crippen molar-refractivity contribution in [3.63, 3.8) is 0 Å². The van der Waals surface area contributed by atoms with Gasteiger partial charge < -0.3 is 9.73 Å². The highest BCUT2D eigenvalue weighted by molar-refractivity contribution is 7.92. The van der Waals surface area contributed by atoms with Crippen molar-refractivity contribution in [3.05, 3.63) is 78.9 Å². The minimum absolute atomic E-state index is 0.0205. The smallest absolute Gasteiger partial charge is 0.261 e. The summed E-state index contributed by atoms with van der Waals surface area (Å²) in [5.41, 5.74) is 1.19. The summed E-state index contributed by atoms with van der Waals surface area (Å²) >= 11 is 5.86. The molecular formula is C25H23ClN4O4S. The highest BCUT2D eigenvalue weighted by atomic mass is 35.5. The lowest BCUT2D eigenvalue weighted by atomic mass is 9.95. The highest BCUT2D eigenvalue weighted by Crippen LogP contribution is 2.27. The lowest BCUT2D eigenvalue weighted by Crippen LogP contribution is -2.32. The van der Waals surface area contributed by atoms with Crippen molar-refractivity contribution in [2.75, 3.05) is 15.9 Å². The van der Waals surface area contributed by atoms with Crippen LogP contribution in [-0.2, 0) is 14.8 Å². The normalized spacial score (nSPS) is 11.7. The van der Waals surface area contributed by atoms with Crippen LogP contribution in [-0.4, -0.2) is 30.4 Å². The third-order valence-corrected chi connectivity index (χ3v) is 7.21. The number of amides is 1. The van der Waals surface area contributed by atoms with Gasteiger partial charge in [-0.3, -0.25) is 9.52 Å². The van der Waals surface area contributed by atoms with E-state index >= 15 is 0 Å². The molecule has 1 amide bonds. The van der Waals surface area contributed by atoms with Gasteiger partial charge in [0.15, 0.2) is 0 Å². The third kappa shape index (κ3) is 5.70. The molecule has 1 aromatic heterocycles. The average Bonchev–Trinajstić information content (AvgIpc) is 3.35. The summed E-state index contributed by atoms with van der Waals surface area (Å²) in [4.78, 5) is 12.4. The van der Waals surface area contributed by atoms with Crippen molar-refractivity contribution < 1.29 is 17.6 Å². The molecule has 0 saturated heterocycles. The largest absolute Gasteiger partial charge is 0.416 e. The molecule has 0 aliphatic carbocycles. The molecule has 1 heterocycles. The summed E-state index contributed by atoms with van der Waals surface area (Å²) in [6.45, 7) is 3.45. The van der Waals surface area contributed by atoms with E-state index in [1.165, 1.54) is 18.2 Å². The average molecular weight is 511 g/mol. The van der Waals surface area contributed by atoms with Crippen LogP contribution >= 0.6 is 11.6 Å². The van der Waals surface area contributed by atoms with Crippen molar-refractivity contribution in [2.24, 2.45) is 5.41 Å². The Morgan fingerprint density at radius 3 is 2.23 bits per heavy atom. The number of aromatic nitrogens is 2. The van der Waals surface area contributed by atoms with Crippen molar-refractivity contribution >= 4 is 38.9 Å². The number of hydrogen-bond acceptors (Lipinski definition) is 6. The van der Waals surface area contributed by atoms with E-state index in [1.54, 1.807) is 44.2 Å². The lowest BCUT2D eigenvalue weighted by Gasteiger charge is -2.20. The molecule has 4 aromatic rings. The number of carbonyl (C=O) groups is 1. The molecule has 0 unspecified atom stereocenters. The fourth-order valence-electron chi connectivity index (χ4n) is 3.07. The van der Waals surface area contributed by atoms with Crippen LogP contribution in [0.4, 0.5) is 11.4 Å². The predicted octanol–water partition coefficient (Wildman–Crippen LogP) is 5.41. The van der Waals surface area contributed by atoms with Crippen molar-refractivity contribution in [2.45, 2.75) is 18.7 Å². The van der Waals surface area contributed by atoms with Crippen LogP contribution in [0.25, 0.3) is 22.9 Å². The molecule has 4 rings (SSSR count). The molecule has 3 aromatic carbocycles. The predicted molar refractivity (Wildman–Crippen MR) is 136 cm³/mol. The van der Waals surface area contributed by atoms with Gasteiger partial charge in [-0.15, -0.1) is 21.8 Å². The minimum atomic E-state index is -3.94. The molecule has 0 saturated carbocycles. The van der Waals surface area contributed by atoms with Gasteiger partial charge >= 0.3 is 0 Å². The highest BCUT2D eigenvalue weighted by Gasteiger charge is 2.26. The Morgan fingerprint density at radius 1 is 0.886 bits per heavy atom. The standard InChI is InChI=1S/C25H23ClN4O4S/c1-25(2,16-26)24(31)27-19-11-7-12-20(15-19)30-35(32,33)21-13-6-10-18(14-21)23-29-28-22(34-23)17-8-4-3-5-9-17/h3-15,30H,16H2,1-2H3,(H,27,31). The second-order valence-corrected chi connectivity index (χ2v) is 10.4. The maximum absolute atomic E-state index is 13.1. The fourth-order valence-corrected chi connectivity index (χ4v) is 4.29. The van der Waals surface area contributed by atoms with Crippen LogP contribution in [0.5, 0.6) is 0 Å². The number of sulfonamides is 1. The van der Waals surface area contributed by atoms with Crippen molar-refractivity contribution in [3.8, 4) is 22.9 Å². The summed E-state index contributed by atoms with van der Waals surface area (Å²) in [6, 6.07) is 21.9. The van der Waals surface area contributed by atoms with E-state index in [-0.39, 0.29) is 22.6 Å². The van der Waals surface area contributed by atoms with Crippen LogP contribution in [0.15, 0.2) is 88.2 Å². The monoisotopic (exact) mass is 510 g/mol. The van der Waals surface area contributed by atoms with Crippen LogP contribution in [0.2, 0.25) is 0 Å². The summed E-state index contributed by atoms with van der Waals surface area (Å²) in [5.74, 6) is 0.416. The minimum Gasteiger partial charge on any atom is -0.416 e. The number of rotatable bonds is 8. The van der Waals surface area contributed by atoms with Gasteiger partial charge in [-0.1, -0.05) is 30.3 Å². The number of benzene rings is 3. The number of nitrogens with zero attached hydrogens (tertiary/aromatic N) is 2. The Labute approximate surface area is 208 Å². The van der Waals surface area contributed by atoms with Crippen LogP contribution in [0.3, 0.4) is 0 Å². The Hall–Kier alpha value is -3.69. The van der Waals surface area contributed by atoms with Crippen molar-refractivity contribution in [1.29, 1.82) is 0 Å². The van der Waals surface area contributed by atoms with Gasteiger partial charge in [0.1, 0.15) is 0 Å². The van der Waals surface area contributed by atoms with Gasteiger partial charge in [0.25, 0.3) is 10.0 Å². The summed E-state index contributed by atoms with van der Waals surface area (Å²) in [5, 5.41) is 10.9. The number of alkyl halides is 1. The zero-order valence-electron chi connectivity index (χ0n) is 19.0. The van der Waals surface area contributed by atoms with Crippen LogP contribution in [0.1, 0.15) is 13.8 Å². The van der Waals surface area contributed by atoms with E-state index in [9.17, 15) is 13.2 Å². The molecule has 0 fully saturated rings. The van der Waals surface area contributed by atoms with E-state index in [4.69, 9.17) is 16.0 Å². The lowest BCUT2D eigenvalue weighted by molar-refractivity contribution is -0.122. The molecule has 10 heteroatoms. The second kappa shape index (κ2) is 9.89. The van der Waals surface area contributed by atoms with Crippen LogP contribution < -0.4 is 10.0 Å². The van der Waals surface area contributed by atoms with Gasteiger partial charge in [-0.2, -0.15) is 0 Å². The number of halogens is 1. The maximum Gasteiger partial charge on any atom is 0.261 e. The van der Waals surface area contributed by atoms with Crippen molar-refractivity contribution in [1.82, 2.24) is 10.2 Å². The number of carbonyl (C=O) groups excluding carboxylic acids is 1. The molecule has 0 radical (unpaired) electrons. The SMILES string of the molecule is CC(C)(CCl)C(=O)Nc1cccc(NS(=O)(=O)c2cccc(-c3nnc(-c4ccccc4)o3)c2)c1. The van der Waals surface area contributed by atoms with Crippen LogP contribution in [0, 0.1) is 5.41 Å². The molecule has 0 spiro atoms. The van der Waals surface area contributed by atoms with E-state index in [2.05, 4.69) is 20.2 Å². The third-order valence-electron chi connectivity index (χ3n) is 5.16. The summed E-state index contributed by atoms with van der Waals surface area (Å²) in [6.07, 6.45) is 0. The Balaban J connectivity index is 1.54. The summed E-state index contributed by atoms with van der Waals surface area (Å²) in [7, 11) is -3.94. The van der Waals surface area contributed by atoms with E-state index in [0.717, 1.165) is 5.56 Å². The van der Waals surface area contributed by atoms with Gasteiger partial charge in [0.2, 0.25) is 17.7 Å². The zero-order valence-corrected chi connectivity index (χ0v) is 20.6. The van der Waals surface area contributed by atoms with Gasteiger partial charge in [0, 0.05) is 22.7 Å². The van der Waals surface area contributed by atoms with E-state index in [0.29, 0.717) is 22.8 Å². The summed E-state index contributed by atoms with van der Waals surface area (Å²) < 4.78 is 34.4. The maximum atomic E-state index is 13.1. The quantitative estimate of drug-likeness (QED) is 0.306. The van der Waals surface area contributed by atoms with Gasteiger partial charge in [-0.05, 0) is 62.4 Å². The fraction of sp³-hybridized carbons (Fsp3) is 0.160. The number of anilines is 2. The first-order valence-electron chi connectivity index (χ1n) is 10.7. The molecule has 35 heavy (non-hydrogen) atoms. The Kier molecular flexibility index (Phi) is 6.90. The van der Waals surface area contributed by atoms with E-state index in [1.807, 2.05) is 30.3 Å². The first kappa shape index (κ1) is 24.4. The number of hydrogen-bond donors (Lipinski definition) is 2. The second-order valence-electron chi connectivity index (χ2n) is 8.46. The first-order chi connectivity index (χ1) is 16.7. The topological polar surface area (TPSA) is 114 Å². The molecular weight excluding hydrogens is 488 g/mol. The molecule has 0 atom stereocenters. The number of nitrogens with one attached hydrogen (secondary N) is 2. The molecule has 2 N–H and O–H groups in total. The zero-order chi connectivity index (χ0) is 25.1. The first-order valence-corrected chi connectivity index (χ1v) is 12.7. The Bertz CT molecular complexity index is 1450. The van der Waals surface area contributed by atoms with E-state index < -0.39 is 15.4 Å². The van der Waals surface area contributed by atoms with Gasteiger partial charge in [-0.25, -0.2) is 8.42 Å².